The van der Waals surface area contributed by atoms with Gasteiger partial charge in [0.25, 0.3) is 0 Å². The Hall–Kier alpha value is -1.84. The molecular formula is C11H14N4. The first-order valence-electron chi connectivity index (χ1n) is 5.05. The van der Waals surface area contributed by atoms with Gasteiger partial charge in [0, 0.05) is 25.0 Å². The number of nitrogens with two attached hydrogens (primary N) is 1. The molecule has 0 aliphatic rings. The smallest absolute Gasteiger partial charge is 0.113 e. The normalized spacial score (nSPS) is 10.5. The highest BCUT2D eigenvalue weighted by atomic mass is 15.1. The van der Waals surface area contributed by atoms with E-state index < -0.39 is 0 Å². The lowest BCUT2D eigenvalue weighted by atomic mass is 10.3. The molecule has 2 aromatic rings. The molecule has 0 bridgehead atoms. The Morgan fingerprint density at radius 3 is 3.00 bits per heavy atom. The van der Waals surface area contributed by atoms with Crippen molar-refractivity contribution >= 4 is 5.69 Å². The van der Waals surface area contributed by atoms with Crippen molar-refractivity contribution < 1.29 is 0 Å². The van der Waals surface area contributed by atoms with Crippen LogP contribution in [0.1, 0.15) is 19.2 Å². The number of nitrogen functional groups attached to an aromatic ring is 1. The topological polar surface area (TPSA) is 56.7 Å². The molecule has 0 aliphatic carbocycles. The van der Waals surface area contributed by atoms with Gasteiger partial charge < -0.3 is 10.3 Å². The molecule has 4 nitrogen and oxygen atoms in total. The quantitative estimate of drug-likeness (QED) is 0.825. The lowest BCUT2D eigenvalue weighted by Gasteiger charge is -2.08. The van der Waals surface area contributed by atoms with E-state index in [0.29, 0.717) is 5.69 Å². The highest BCUT2D eigenvalue weighted by Gasteiger charge is 2.06. The van der Waals surface area contributed by atoms with Gasteiger partial charge in [0.05, 0.1) is 17.6 Å². The summed E-state index contributed by atoms with van der Waals surface area (Å²) in [5.74, 6) is 1.04. The highest BCUT2D eigenvalue weighted by Crippen LogP contribution is 2.17. The van der Waals surface area contributed by atoms with Crippen LogP contribution in [0.25, 0.3) is 5.69 Å². The van der Waals surface area contributed by atoms with Gasteiger partial charge in [-0.05, 0) is 12.5 Å². The molecule has 2 N–H and O–H groups in total. The molecule has 2 rings (SSSR count). The fourth-order valence-electron chi connectivity index (χ4n) is 1.58. The lowest BCUT2D eigenvalue weighted by Crippen LogP contribution is -2.03. The molecule has 0 amide bonds. The Kier molecular flexibility index (Phi) is 2.67. The SMILES string of the molecule is CCCc1nccn1-c1ccncc1N. The largest absolute Gasteiger partial charge is 0.396 e. The highest BCUT2D eigenvalue weighted by molar-refractivity contribution is 5.55. The van der Waals surface area contributed by atoms with Crippen molar-refractivity contribution in [3.8, 4) is 5.69 Å². The van der Waals surface area contributed by atoms with E-state index in [2.05, 4.69) is 16.9 Å². The van der Waals surface area contributed by atoms with Gasteiger partial charge in [-0.2, -0.15) is 0 Å². The summed E-state index contributed by atoms with van der Waals surface area (Å²) in [4.78, 5) is 8.28. The predicted octanol–water partition coefficient (Wildman–Crippen LogP) is 1.80. The van der Waals surface area contributed by atoms with Crippen molar-refractivity contribution in [1.82, 2.24) is 14.5 Å². The second kappa shape index (κ2) is 4.13. The maximum atomic E-state index is 5.87. The first-order chi connectivity index (χ1) is 7.33. The molecule has 4 heteroatoms. The van der Waals surface area contributed by atoms with Crippen LogP contribution in [0.2, 0.25) is 0 Å². The average Bonchev–Trinajstić information content (AvgIpc) is 2.67. The maximum absolute atomic E-state index is 5.87. The Bertz CT molecular complexity index is 447. The van der Waals surface area contributed by atoms with Gasteiger partial charge in [-0.3, -0.25) is 4.98 Å². The van der Waals surface area contributed by atoms with Crippen LogP contribution in [0.5, 0.6) is 0 Å². The number of aromatic nitrogens is 3. The van der Waals surface area contributed by atoms with Crippen molar-refractivity contribution in [2.24, 2.45) is 0 Å². The summed E-state index contributed by atoms with van der Waals surface area (Å²) in [6, 6.07) is 1.90. The zero-order valence-corrected chi connectivity index (χ0v) is 8.72. The van der Waals surface area contributed by atoms with Gasteiger partial charge in [0.15, 0.2) is 0 Å². The Morgan fingerprint density at radius 1 is 1.40 bits per heavy atom. The molecule has 2 heterocycles. The first-order valence-corrected chi connectivity index (χ1v) is 5.05. The summed E-state index contributed by atoms with van der Waals surface area (Å²) in [5.41, 5.74) is 7.49. The van der Waals surface area contributed by atoms with Crippen LogP contribution >= 0.6 is 0 Å². The van der Waals surface area contributed by atoms with Crippen LogP contribution in [-0.4, -0.2) is 14.5 Å². The van der Waals surface area contributed by atoms with E-state index in [4.69, 9.17) is 5.73 Å². The number of hydrogen-bond donors (Lipinski definition) is 1. The predicted molar refractivity (Wildman–Crippen MR) is 59.8 cm³/mol. The molecule has 0 atom stereocenters. The van der Waals surface area contributed by atoms with Crippen LogP contribution in [0, 0.1) is 0 Å². The van der Waals surface area contributed by atoms with E-state index in [1.165, 1.54) is 0 Å². The Balaban J connectivity index is 2.45. The van der Waals surface area contributed by atoms with Crippen molar-refractivity contribution in [2.75, 3.05) is 5.73 Å². The standard InChI is InChI=1S/C11H14N4/c1-2-3-11-14-6-7-15(11)10-4-5-13-8-9(10)12/h4-8H,2-3,12H2,1H3. The van der Waals surface area contributed by atoms with Gasteiger partial charge in [-0.15, -0.1) is 0 Å². The van der Waals surface area contributed by atoms with E-state index in [1.54, 1.807) is 18.6 Å². The van der Waals surface area contributed by atoms with E-state index in [-0.39, 0.29) is 0 Å². The summed E-state index contributed by atoms with van der Waals surface area (Å²) < 4.78 is 2.01. The van der Waals surface area contributed by atoms with Crippen molar-refractivity contribution in [3.63, 3.8) is 0 Å². The fraction of sp³-hybridized carbons (Fsp3) is 0.273. The van der Waals surface area contributed by atoms with Crippen LogP contribution in [0.3, 0.4) is 0 Å². The number of imidazole rings is 1. The van der Waals surface area contributed by atoms with Gasteiger partial charge >= 0.3 is 0 Å². The molecule has 78 valence electrons. The molecule has 0 fully saturated rings. The monoisotopic (exact) mass is 202 g/mol. The van der Waals surface area contributed by atoms with Crippen LogP contribution < -0.4 is 5.73 Å². The van der Waals surface area contributed by atoms with E-state index in [0.717, 1.165) is 24.4 Å². The molecule has 0 radical (unpaired) electrons. The minimum absolute atomic E-state index is 0.674. The number of hydrogen-bond acceptors (Lipinski definition) is 3. The Morgan fingerprint density at radius 2 is 2.27 bits per heavy atom. The van der Waals surface area contributed by atoms with E-state index >= 15 is 0 Å². The second-order valence-electron chi connectivity index (χ2n) is 3.40. The summed E-state index contributed by atoms with van der Waals surface area (Å²) in [7, 11) is 0. The molecule has 0 aliphatic heterocycles. The molecule has 15 heavy (non-hydrogen) atoms. The van der Waals surface area contributed by atoms with Crippen LogP contribution in [-0.2, 0) is 6.42 Å². The minimum Gasteiger partial charge on any atom is -0.396 e. The number of anilines is 1. The van der Waals surface area contributed by atoms with Gasteiger partial charge in [-0.25, -0.2) is 4.98 Å². The van der Waals surface area contributed by atoms with Gasteiger partial charge in [-0.1, -0.05) is 6.92 Å². The zero-order chi connectivity index (χ0) is 10.7. The van der Waals surface area contributed by atoms with Crippen molar-refractivity contribution in [1.29, 1.82) is 0 Å². The molecule has 0 saturated heterocycles. The Labute approximate surface area is 88.8 Å². The first kappa shape index (κ1) is 9.71. The third-order valence-electron chi connectivity index (χ3n) is 2.28. The summed E-state index contributed by atoms with van der Waals surface area (Å²) >= 11 is 0. The van der Waals surface area contributed by atoms with Crippen LogP contribution in [0.4, 0.5) is 5.69 Å². The van der Waals surface area contributed by atoms with E-state index in [1.807, 2.05) is 16.8 Å². The number of nitrogens with zero attached hydrogens (tertiary/aromatic N) is 3. The summed E-state index contributed by atoms with van der Waals surface area (Å²) in [6.07, 6.45) is 9.14. The molecule has 0 aromatic carbocycles. The van der Waals surface area contributed by atoms with Crippen molar-refractivity contribution in [3.05, 3.63) is 36.7 Å². The van der Waals surface area contributed by atoms with Gasteiger partial charge in [0.2, 0.25) is 0 Å². The molecule has 0 saturated carbocycles. The summed E-state index contributed by atoms with van der Waals surface area (Å²) in [5, 5.41) is 0. The number of rotatable bonds is 3. The molecule has 2 aromatic heterocycles. The lowest BCUT2D eigenvalue weighted by molar-refractivity contribution is 0.809. The third kappa shape index (κ3) is 1.83. The molecular weight excluding hydrogens is 188 g/mol. The van der Waals surface area contributed by atoms with Gasteiger partial charge in [0.1, 0.15) is 5.82 Å². The summed E-state index contributed by atoms with van der Waals surface area (Å²) in [6.45, 7) is 2.13. The molecule has 0 unspecified atom stereocenters. The van der Waals surface area contributed by atoms with Crippen LogP contribution in [0.15, 0.2) is 30.9 Å². The van der Waals surface area contributed by atoms with Crippen molar-refractivity contribution in [2.45, 2.75) is 19.8 Å². The molecule has 0 spiro atoms. The number of pyridine rings is 1. The second-order valence-corrected chi connectivity index (χ2v) is 3.40. The van der Waals surface area contributed by atoms with E-state index in [9.17, 15) is 0 Å². The average molecular weight is 202 g/mol. The minimum atomic E-state index is 0.674. The fourth-order valence-corrected chi connectivity index (χ4v) is 1.58. The number of aryl methyl sites for hydroxylation is 1. The third-order valence-corrected chi connectivity index (χ3v) is 2.28. The zero-order valence-electron chi connectivity index (χ0n) is 8.72. The maximum Gasteiger partial charge on any atom is 0.113 e.